The summed E-state index contributed by atoms with van der Waals surface area (Å²) in [6, 6.07) is 14.8. The molecule has 1 unspecified atom stereocenters. The van der Waals surface area contributed by atoms with E-state index < -0.39 is 0 Å². The van der Waals surface area contributed by atoms with E-state index in [1.54, 1.807) is 0 Å². The molecule has 2 rings (SSSR count). The van der Waals surface area contributed by atoms with Crippen molar-refractivity contribution in [3.8, 4) is 0 Å². The van der Waals surface area contributed by atoms with E-state index in [-0.39, 0.29) is 9.89 Å². The number of fused-ring (bicyclic) bond motifs is 1. The third kappa shape index (κ3) is 4.20. The van der Waals surface area contributed by atoms with Crippen molar-refractivity contribution < 1.29 is 9.53 Å². The number of carbonyl (C=O) groups is 1. The van der Waals surface area contributed by atoms with Gasteiger partial charge in [-0.1, -0.05) is 65.1 Å². The Morgan fingerprint density at radius 1 is 1.21 bits per heavy atom. The van der Waals surface area contributed by atoms with Gasteiger partial charge in [-0.2, -0.15) is 0 Å². The molecule has 0 heterocycles. The number of esters is 1. The van der Waals surface area contributed by atoms with Gasteiger partial charge in [-0.3, -0.25) is 4.79 Å². The molecule has 0 saturated heterocycles. The van der Waals surface area contributed by atoms with E-state index in [1.165, 1.54) is 16.3 Å². The maximum atomic E-state index is 11.3. The fourth-order valence-electron chi connectivity index (χ4n) is 1.96. The Hall–Kier alpha value is -1.10. The van der Waals surface area contributed by atoms with Crippen molar-refractivity contribution in [3.05, 3.63) is 48.0 Å². The zero-order valence-corrected chi connectivity index (χ0v) is 13.1. The van der Waals surface area contributed by atoms with Crippen LogP contribution in [0.1, 0.15) is 18.9 Å². The van der Waals surface area contributed by atoms with Crippen LogP contribution in [0.5, 0.6) is 0 Å². The van der Waals surface area contributed by atoms with Gasteiger partial charge in [0.05, 0.1) is 6.61 Å². The molecular formula is C16H17IO2. The molecule has 19 heavy (non-hydrogen) atoms. The molecule has 0 aliphatic carbocycles. The molecule has 0 bridgehead atoms. The Labute approximate surface area is 127 Å². The molecule has 1 atom stereocenters. The van der Waals surface area contributed by atoms with Gasteiger partial charge >= 0.3 is 5.97 Å². The molecule has 0 aliphatic heterocycles. The van der Waals surface area contributed by atoms with E-state index >= 15 is 0 Å². The summed E-state index contributed by atoms with van der Waals surface area (Å²) >= 11 is 2.07. The highest BCUT2D eigenvalue weighted by molar-refractivity contribution is 14.1. The molecule has 0 aromatic heterocycles. The van der Waals surface area contributed by atoms with Gasteiger partial charge in [0.2, 0.25) is 0 Å². The zero-order valence-electron chi connectivity index (χ0n) is 10.9. The monoisotopic (exact) mass is 368 g/mol. The summed E-state index contributed by atoms with van der Waals surface area (Å²) in [6.45, 7) is 2.34. The third-order valence-corrected chi connectivity index (χ3v) is 3.50. The number of benzene rings is 2. The fourth-order valence-corrected chi connectivity index (χ4v) is 2.14. The van der Waals surface area contributed by atoms with Crippen LogP contribution in [0, 0.1) is 0 Å². The Morgan fingerprint density at radius 2 is 1.95 bits per heavy atom. The van der Waals surface area contributed by atoms with Crippen LogP contribution in [0.3, 0.4) is 0 Å². The zero-order chi connectivity index (χ0) is 13.7. The molecule has 100 valence electrons. The maximum Gasteiger partial charge on any atom is 0.318 e. The average molecular weight is 368 g/mol. The molecule has 2 aromatic rings. The van der Waals surface area contributed by atoms with Gasteiger partial charge in [0, 0.05) is 0 Å². The van der Waals surface area contributed by atoms with Crippen molar-refractivity contribution in [3.63, 3.8) is 0 Å². The molecule has 2 nitrogen and oxygen atoms in total. The molecule has 0 radical (unpaired) electrons. The normalized spacial score (nSPS) is 12.3. The Bertz CT molecular complexity index is 563. The van der Waals surface area contributed by atoms with Crippen LogP contribution in [-0.2, 0) is 16.0 Å². The summed E-state index contributed by atoms with van der Waals surface area (Å²) in [5.74, 6) is -0.126. The van der Waals surface area contributed by atoms with Gasteiger partial charge in [0.15, 0.2) is 0 Å². The van der Waals surface area contributed by atoms with Crippen LogP contribution in [0.4, 0.5) is 0 Å². The van der Waals surface area contributed by atoms with Crippen LogP contribution >= 0.6 is 22.6 Å². The topological polar surface area (TPSA) is 26.3 Å². The number of alkyl halides is 1. The van der Waals surface area contributed by atoms with Gasteiger partial charge in [-0.25, -0.2) is 0 Å². The first-order chi connectivity index (χ1) is 9.16. The number of hydrogen-bond donors (Lipinski definition) is 0. The van der Waals surface area contributed by atoms with Gasteiger partial charge < -0.3 is 4.74 Å². The van der Waals surface area contributed by atoms with Gasteiger partial charge in [0.1, 0.15) is 3.92 Å². The number of carbonyl (C=O) groups excluding carboxylic acids is 1. The highest BCUT2D eigenvalue weighted by Crippen LogP contribution is 2.16. The first-order valence-corrected chi connectivity index (χ1v) is 7.70. The molecule has 2 aromatic carbocycles. The van der Waals surface area contributed by atoms with E-state index in [4.69, 9.17) is 4.74 Å². The molecular weight excluding hydrogens is 351 g/mol. The van der Waals surface area contributed by atoms with Gasteiger partial charge in [0.25, 0.3) is 0 Å². The van der Waals surface area contributed by atoms with Crippen LogP contribution in [0.2, 0.25) is 0 Å². The second-order valence-corrected chi connectivity index (χ2v) is 6.44. The molecule has 0 saturated carbocycles. The Balaban J connectivity index is 1.86. The summed E-state index contributed by atoms with van der Waals surface area (Å²) < 4.78 is 5.10. The maximum absolute atomic E-state index is 11.3. The van der Waals surface area contributed by atoms with Crippen LogP contribution in [0.25, 0.3) is 10.8 Å². The van der Waals surface area contributed by atoms with Crippen molar-refractivity contribution >= 4 is 39.3 Å². The lowest BCUT2D eigenvalue weighted by Gasteiger charge is -2.07. The van der Waals surface area contributed by atoms with Crippen LogP contribution in [-0.4, -0.2) is 16.5 Å². The van der Waals surface area contributed by atoms with Crippen molar-refractivity contribution in [1.29, 1.82) is 0 Å². The summed E-state index contributed by atoms with van der Waals surface area (Å²) in [5, 5.41) is 2.52. The number of rotatable bonds is 5. The lowest BCUT2D eigenvalue weighted by Crippen LogP contribution is -2.14. The molecule has 0 aliphatic rings. The first-order valence-electron chi connectivity index (χ1n) is 6.45. The SMILES string of the molecule is CC(I)C(=O)OCCCc1ccc2ccccc2c1. The Kier molecular flexibility index (Phi) is 5.19. The second kappa shape index (κ2) is 6.89. The molecule has 0 N–H and O–H groups in total. The van der Waals surface area contributed by atoms with Crippen LogP contribution in [0.15, 0.2) is 42.5 Å². The number of ether oxygens (including phenoxy) is 1. The summed E-state index contributed by atoms with van der Waals surface area (Å²) in [4.78, 5) is 11.3. The van der Waals surface area contributed by atoms with E-state index in [0.29, 0.717) is 6.61 Å². The van der Waals surface area contributed by atoms with Crippen molar-refractivity contribution in [1.82, 2.24) is 0 Å². The number of aryl methyl sites for hydroxylation is 1. The van der Waals surface area contributed by atoms with E-state index in [9.17, 15) is 4.79 Å². The highest BCUT2D eigenvalue weighted by Gasteiger charge is 2.08. The smallest absolute Gasteiger partial charge is 0.318 e. The van der Waals surface area contributed by atoms with E-state index in [0.717, 1.165) is 12.8 Å². The minimum atomic E-state index is -0.126. The average Bonchev–Trinajstić information content (AvgIpc) is 2.43. The van der Waals surface area contributed by atoms with Gasteiger partial charge in [-0.05, 0) is 36.1 Å². The number of halogens is 1. The summed E-state index contributed by atoms with van der Waals surface area (Å²) in [6.07, 6.45) is 1.81. The molecule has 3 heteroatoms. The number of hydrogen-bond acceptors (Lipinski definition) is 2. The lowest BCUT2D eigenvalue weighted by molar-refractivity contribution is -0.142. The minimum absolute atomic E-state index is 0.0710. The van der Waals surface area contributed by atoms with Crippen LogP contribution < -0.4 is 0 Å². The first kappa shape index (κ1) is 14.3. The molecule has 0 fully saturated rings. The lowest BCUT2D eigenvalue weighted by atomic mass is 10.0. The Morgan fingerprint density at radius 3 is 2.68 bits per heavy atom. The standard InChI is InChI=1S/C16H17IO2/c1-12(17)16(18)19-10-4-5-13-8-9-14-6-2-3-7-15(14)11-13/h2-3,6-9,11-12H,4-5,10H2,1H3. The van der Waals surface area contributed by atoms with Crippen molar-refractivity contribution in [2.75, 3.05) is 6.61 Å². The summed E-state index contributed by atoms with van der Waals surface area (Å²) in [7, 11) is 0. The molecule has 0 amide bonds. The van der Waals surface area contributed by atoms with Crippen molar-refractivity contribution in [2.24, 2.45) is 0 Å². The van der Waals surface area contributed by atoms with E-state index in [2.05, 4.69) is 59.0 Å². The predicted octanol–water partition coefficient (Wildman–Crippen LogP) is 4.14. The highest BCUT2D eigenvalue weighted by atomic mass is 127. The summed E-state index contributed by atoms with van der Waals surface area (Å²) in [5.41, 5.74) is 1.29. The molecule has 0 spiro atoms. The van der Waals surface area contributed by atoms with Crippen molar-refractivity contribution in [2.45, 2.75) is 23.7 Å². The third-order valence-electron chi connectivity index (χ3n) is 2.99. The largest absolute Gasteiger partial charge is 0.465 e. The minimum Gasteiger partial charge on any atom is -0.465 e. The van der Waals surface area contributed by atoms with E-state index in [1.807, 2.05) is 13.0 Å². The second-order valence-electron chi connectivity index (χ2n) is 4.57. The quantitative estimate of drug-likeness (QED) is 0.343. The predicted molar refractivity (Wildman–Crippen MR) is 86.7 cm³/mol. The fraction of sp³-hybridized carbons (Fsp3) is 0.312. The van der Waals surface area contributed by atoms with Gasteiger partial charge in [-0.15, -0.1) is 0 Å².